The van der Waals surface area contributed by atoms with Crippen LogP contribution in [0.25, 0.3) is 0 Å². The van der Waals surface area contributed by atoms with Gasteiger partial charge in [-0.05, 0) is 44.1 Å². The fourth-order valence-electron chi connectivity index (χ4n) is 3.56. The maximum Gasteiger partial charge on any atom is 0.252 e. The Bertz CT molecular complexity index is 489. The molecule has 0 atom stereocenters. The van der Waals surface area contributed by atoms with E-state index in [9.17, 15) is 9.90 Å². The minimum absolute atomic E-state index is 0.0594. The second kappa shape index (κ2) is 5.86. The SMILES string of the molecule is O=C(NCC1(CO)CCCC1)c1csc2c1CCCC2. The lowest BCUT2D eigenvalue weighted by atomic mass is 9.87. The lowest BCUT2D eigenvalue weighted by Gasteiger charge is -2.26. The van der Waals surface area contributed by atoms with Crippen molar-refractivity contribution in [3.8, 4) is 0 Å². The van der Waals surface area contributed by atoms with Gasteiger partial charge in [0.2, 0.25) is 0 Å². The molecule has 1 amide bonds. The van der Waals surface area contributed by atoms with E-state index in [0.717, 1.165) is 31.2 Å². The van der Waals surface area contributed by atoms with Crippen molar-refractivity contribution in [3.05, 3.63) is 21.4 Å². The summed E-state index contributed by atoms with van der Waals surface area (Å²) in [6, 6.07) is 0. The number of fused-ring (bicyclic) bond motifs is 1. The van der Waals surface area contributed by atoms with E-state index in [2.05, 4.69) is 5.32 Å². The molecule has 20 heavy (non-hydrogen) atoms. The van der Waals surface area contributed by atoms with Crippen molar-refractivity contribution in [2.45, 2.75) is 51.4 Å². The number of rotatable bonds is 4. The molecule has 2 aliphatic rings. The van der Waals surface area contributed by atoms with Crippen molar-refractivity contribution in [2.24, 2.45) is 5.41 Å². The fourth-order valence-corrected chi connectivity index (χ4v) is 4.69. The Morgan fingerprint density at radius 3 is 2.75 bits per heavy atom. The predicted octanol–water partition coefficient (Wildman–Crippen LogP) is 2.91. The number of amides is 1. The second-order valence-electron chi connectivity index (χ2n) is 6.31. The molecule has 1 saturated carbocycles. The van der Waals surface area contributed by atoms with Gasteiger partial charge in [-0.2, -0.15) is 0 Å². The third-order valence-electron chi connectivity index (χ3n) is 4.93. The van der Waals surface area contributed by atoms with Crippen molar-refractivity contribution >= 4 is 17.2 Å². The number of nitrogens with one attached hydrogen (secondary N) is 1. The number of aliphatic hydroxyl groups excluding tert-OH is 1. The first-order chi connectivity index (χ1) is 9.74. The van der Waals surface area contributed by atoms with Crippen LogP contribution in [-0.2, 0) is 12.8 Å². The van der Waals surface area contributed by atoms with Gasteiger partial charge in [-0.3, -0.25) is 4.79 Å². The smallest absolute Gasteiger partial charge is 0.252 e. The molecule has 1 fully saturated rings. The van der Waals surface area contributed by atoms with Crippen LogP contribution in [0.5, 0.6) is 0 Å². The predicted molar refractivity (Wildman–Crippen MR) is 81.3 cm³/mol. The number of aliphatic hydroxyl groups is 1. The molecule has 110 valence electrons. The Morgan fingerprint density at radius 2 is 2.00 bits per heavy atom. The van der Waals surface area contributed by atoms with Gasteiger partial charge in [-0.15, -0.1) is 11.3 Å². The maximum atomic E-state index is 12.4. The lowest BCUT2D eigenvalue weighted by molar-refractivity contribution is 0.0880. The van der Waals surface area contributed by atoms with Crippen molar-refractivity contribution < 1.29 is 9.90 Å². The minimum atomic E-state index is -0.0637. The summed E-state index contributed by atoms with van der Waals surface area (Å²) in [4.78, 5) is 13.8. The highest BCUT2D eigenvalue weighted by Crippen LogP contribution is 2.37. The zero-order valence-corrected chi connectivity index (χ0v) is 12.7. The summed E-state index contributed by atoms with van der Waals surface area (Å²) in [5, 5.41) is 14.7. The van der Waals surface area contributed by atoms with E-state index >= 15 is 0 Å². The normalized spacial score (nSPS) is 20.6. The number of hydrogen-bond acceptors (Lipinski definition) is 3. The van der Waals surface area contributed by atoms with Crippen LogP contribution in [0.3, 0.4) is 0 Å². The number of carbonyl (C=O) groups excluding carboxylic acids is 1. The molecule has 1 aromatic heterocycles. The average molecular weight is 293 g/mol. The largest absolute Gasteiger partial charge is 0.396 e. The summed E-state index contributed by atoms with van der Waals surface area (Å²) in [6.07, 6.45) is 9.04. The standard InChI is InChI=1S/C16H23NO2S/c18-11-16(7-3-4-8-16)10-17-15(19)13-9-20-14-6-2-1-5-12(13)14/h9,18H,1-8,10-11H2,(H,17,19). The van der Waals surface area contributed by atoms with Gasteiger partial charge in [-0.1, -0.05) is 12.8 Å². The van der Waals surface area contributed by atoms with Crippen LogP contribution in [0, 0.1) is 5.41 Å². The summed E-state index contributed by atoms with van der Waals surface area (Å²) in [5.41, 5.74) is 2.10. The summed E-state index contributed by atoms with van der Waals surface area (Å²) >= 11 is 1.73. The first kappa shape index (κ1) is 14.1. The number of hydrogen-bond donors (Lipinski definition) is 2. The van der Waals surface area contributed by atoms with Gasteiger partial charge in [0, 0.05) is 22.2 Å². The summed E-state index contributed by atoms with van der Waals surface area (Å²) in [7, 11) is 0. The molecule has 0 aliphatic heterocycles. The van der Waals surface area contributed by atoms with Gasteiger partial charge in [0.25, 0.3) is 5.91 Å². The van der Waals surface area contributed by atoms with Crippen LogP contribution in [0.1, 0.15) is 59.3 Å². The van der Waals surface area contributed by atoms with E-state index in [1.54, 1.807) is 11.3 Å². The van der Waals surface area contributed by atoms with E-state index in [0.29, 0.717) is 6.54 Å². The first-order valence-corrected chi connectivity index (χ1v) is 8.60. The Morgan fingerprint density at radius 1 is 1.25 bits per heavy atom. The lowest BCUT2D eigenvalue weighted by Crippen LogP contribution is -2.38. The molecule has 0 saturated heterocycles. The molecule has 0 aromatic carbocycles. The number of carbonyl (C=O) groups is 1. The summed E-state index contributed by atoms with van der Waals surface area (Å²) in [6.45, 7) is 0.808. The van der Waals surface area contributed by atoms with Crippen LogP contribution in [0.2, 0.25) is 0 Å². The topological polar surface area (TPSA) is 49.3 Å². The molecule has 3 rings (SSSR count). The highest BCUT2D eigenvalue weighted by molar-refractivity contribution is 7.10. The molecule has 2 N–H and O–H groups in total. The van der Waals surface area contributed by atoms with Crippen molar-refractivity contribution in [3.63, 3.8) is 0 Å². The van der Waals surface area contributed by atoms with E-state index in [1.165, 1.54) is 36.1 Å². The van der Waals surface area contributed by atoms with Crippen LogP contribution < -0.4 is 5.32 Å². The molecule has 1 heterocycles. The molecule has 3 nitrogen and oxygen atoms in total. The number of aryl methyl sites for hydroxylation is 1. The van der Waals surface area contributed by atoms with E-state index < -0.39 is 0 Å². The quantitative estimate of drug-likeness (QED) is 0.897. The zero-order chi connectivity index (χ0) is 14.0. The minimum Gasteiger partial charge on any atom is -0.396 e. The maximum absolute atomic E-state index is 12.4. The second-order valence-corrected chi connectivity index (χ2v) is 7.27. The van der Waals surface area contributed by atoms with E-state index in [4.69, 9.17) is 0 Å². The third kappa shape index (κ3) is 2.63. The van der Waals surface area contributed by atoms with Gasteiger partial charge < -0.3 is 10.4 Å². The zero-order valence-electron chi connectivity index (χ0n) is 11.9. The third-order valence-corrected chi connectivity index (χ3v) is 6.02. The van der Waals surface area contributed by atoms with Crippen LogP contribution in [0.4, 0.5) is 0 Å². The molecule has 2 aliphatic carbocycles. The van der Waals surface area contributed by atoms with Gasteiger partial charge >= 0.3 is 0 Å². The van der Waals surface area contributed by atoms with Gasteiger partial charge in [0.15, 0.2) is 0 Å². The van der Waals surface area contributed by atoms with E-state index in [1.807, 2.05) is 5.38 Å². The molecular weight excluding hydrogens is 270 g/mol. The molecule has 0 bridgehead atoms. The molecule has 0 spiro atoms. The van der Waals surface area contributed by atoms with Gasteiger partial charge in [0.1, 0.15) is 0 Å². The molecule has 0 radical (unpaired) electrons. The van der Waals surface area contributed by atoms with Gasteiger partial charge in [-0.25, -0.2) is 0 Å². The fraction of sp³-hybridized carbons (Fsp3) is 0.688. The summed E-state index contributed by atoms with van der Waals surface area (Å²) < 4.78 is 0. The monoisotopic (exact) mass is 293 g/mol. The Labute approximate surface area is 124 Å². The van der Waals surface area contributed by atoms with Crippen molar-refractivity contribution in [2.75, 3.05) is 13.2 Å². The highest BCUT2D eigenvalue weighted by Gasteiger charge is 2.33. The molecule has 0 unspecified atom stereocenters. The average Bonchev–Trinajstić information content (AvgIpc) is 3.12. The van der Waals surface area contributed by atoms with Gasteiger partial charge in [0.05, 0.1) is 12.2 Å². The summed E-state index contributed by atoms with van der Waals surface area (Å²) in [5.74, 6) is 0.0594. The molecule has 4 heteroatoms. The van der Waals surface area contributed by atoms with Crippen LogP contribution in [-0.4, -0.2) is 24.2 Å². The van der Waals surface area contributed by atoms with E-state index in [-0.39, 0.29) is 17.9 Å². The number of thiophene rings is 1. The molecule has 1 aromatic rings. The Hall–Kier alpha value is -0.870. The highest BCUT2D eigenvalue weighted by atomic mass is 32.1. The molecular formula is C16H23NO2S. The van der Waals surface area contributed by atoms with Crippen molar-refractivity contribution in [1.82, 2.24) is 5.32 Å². The first-order valence-electron chi connectivity index (χ1n) is 7.72. The Kier molecular flexibility index (Phi) is 4.13. The van der Waals surface area contributed by atoms with Crippen molar-refractivity contribution in [1.29, 1.82) is 0 Å². The Balaban J connectivity index is 1.66. The van der Waals surface area contributed by atoms with Crippen LogP contribution >= 0.6 is 11.3 Å². The van der Waals surface area contributed by atoms with Crippen LogP contribution in [0.15, 0.2) is 5.38 Å².